The minimum Gasteiger partial charge on any atom is -0.396 e. The molecule has 0 aliphatic carbocycles. The van der Waals surface area contributed by atoms with Gasteiger partial charge in [-0.25, -0.2) is 4.39 Å². The van der Waals surface area contributed by atoms with E-state index >= 15 is 0 Å². The lowest BCUT2D eigenvalue weighted by Crippen LogP contribution is -2.44. The third-order valence-corrected chi connectivity index (χ3v) is 3.35. The number of carbonyl (C=O) groups excluding carboxylic acids is 2. The maximum absolute atomic E-state index is 13.1. The number of hydrogen-bond donors (Lipinski definition) is 2. The van der Waals surface area contributed by atoms with Crippen molar-refractivity contribution in [3.05, 3.63) is 29.6 Å². The van der Waals surface area contributed by atoms with E-state index < -0.39 is 11.7 Å². The van der Waals surface area contributed by atoms with Gasteiger partial charge in [-0.1, -0.05) is 0 Å². The Labute approximate surface area is 110 Å². The Morgan fingerprint density at radius 2 is 2.11 bits per heavy atom. The zero-order valence-electron chi connectivity index (χ0n) is 10.4. The molecule has 19 heavy (non-hydrogen) atoms. The quantitative estimate of drug-likeness (QED) is 0.773. The summed E-state index contributed by atoms with van der Waals surface area (Å²) in [5.74, 6) is -1.51. The van der Waals surface area contributed by atoms with E-state index in [4.69, 9.17) is 11.5 Å². The van der Waals surface area contributed by atoms with Crippen LogP contribution in [-0.4, -0.2) is 29.8 Å². The number of primary amides is 1. The highest BCUT2D eigenvalue weighted by atomic mass is 19.1. The van der Waals surface area contributed by atoms with Gasteiger partial charge in [0.1, 0.15) is 5.82 Å². The molecule has 1 unspecified atom stereocenters. The van der Waals surface area contributed by atoms with Gasteiger partial charge in [0, 0.05) is 18.7 Å². The van der Waals surface area contributed by atoms with Crippen molar-refractivity contribution < 1.29 is 14.0 Å². The summed E-state index contributed by atoms with van der Waals surface area (Å²) >= 11 is 0. The second-order valence-electron chi connectivity index (χ2n) is 4.73. The number of piperidine rings is 1. The highest BCUT2D eigenvalue weighted by Gasteiger charge is 2.27. The molecule has 2 rings (SSSR count). The summed E-state index contributed by atoms with van der Waals surface area (Å²) in [6, 6.07) is 3.87. The molecule has 0 radical (unpaired) electrons. The van der Waals surface area contributed by atoms with Gasteiger partial charge in [0.15, 0.2) is 0 Å². The minimum atomic E-state index is -0.551. The highest BCUT2D eigenvalue weighted by Crippen LogP contribution is 2.20. The third-order valence-electron chi connectivity index (χ3n) is 3.35. The van der Waals surface area contributed by atoms with Gasteiger partial charge in [-0.2, -0.15) is 0 Å². The summed E-state index contributed by atoms with van der Waals surface area (Å²) in [5.41, 5.74) is 11.0. The predicted molar refractivity (Wildman–Crippen MR) is 68.6 cm³/mol. The summed E-state index contributed by atoms with van der Waals surface area (Å²) in [6.07, 6.45) is 1.43. The average Bonchev–Trinajstić information content (AvgIpc) is 2.41. The molecule has 1 aromatic carbocycles. The van der Waals surface area contributed by atoms with Crippen LogP contribution in [0.3, 0.4) is 0 Å². The van der Waals surface area contributed by atoms with E-state index in [9.17, 15) is 14.0 Å². The maximum Gasteiger partial charge on any atom is 0.253 e. The van der Waals surface area contributed by atoms with Crippen molar-refractivity contribution in [2.24, 2.45) is 11.7 Å². The number of nitrogens with two attached hydrogens (primary N) is 2. The molecule has 0 bridgehead atoms. The number of nitrogens with zero attached hydrogens (tertiary/aromatic N) is 1. The lowest BCUT2D eigenvalue weighted by Gasteiger charge is -2.31. The standard InChI is InChI=1S/C13H16FN3O2/c14-10-4-3-8(6-11(10)15)13(19)17-5-1-2-9(7-17)12(16)18/h3-4,6,9H,1-2,5,7,15H2,(H2,16,18). The normalized spacial score (nSPS) is 19.2. The number of carbonyl (C=O) groups is 2. The number of anilines is 1. The highest BCUT2D eigenvalue weighted by molar-refractivity contribution is 5.95. The Morgan fingerprint density at radius 1 is 1.37 bits per heavy atom. The molecule has 1 aromatic rings. The molecule has 0 saturated carbocycles. The van der Waals surface area contributed by atoms with Gasteiger partial charge in [-0.15, -0.1) is 0 Å². The molecule has 6 heteroatoms. The molecule has 1 fully saturated rings. The van der Waals surface area contributed by atoms with Crippen molar-refractivity contribution in [2.45, 2.75) is 12.8 Å². The smallest absolute Gasteiger partial charge is 0.253 e. The lowest BCUT2D eigenvalue weighted by atomic mass is 9.97. The number of nitrogen functional groups attached to an aromatic ring is 1. The van der Waals surface area contributed by atoms with Gasteiger partial charge in [0.05, 0.1) is 11.6 Å². The topological polar surface area (TPSA) is 89.4 Å². The summed E-state index contributed by atoms with van der Waals surface area (Å²) in [6.45, 7) is 0.880. The Hall–Kier alpha value is -2.11. The summed E-state index contributed by atoms with van der Waals surface area (Å²) in [4.78, 5) is 25.0. The fourth-order valence-electron chi connectivity index (χ4n) is 2.25. The molecule has 1 heterocycles. The molecule has 0 spiro atoms. The molecule has 0 aromatic heterocycles. The van der Waals surface area contributed by atoms with Crippen LogP contribution < -0.4 is 11.5 Å². The van der Waals surface area contributed by atoms with E-state index in [1.165, 1.54) is 12.1 Å². The van der Waals surface area contributed by atoms with E-state index in [0.717, 1.165) is 12.5 Å². The van der Waals surface area contributed by atoms with E-state index in [1.807, 2.05) is 0 Å². The summed E-state index contributed by atoms with van der Waals surface area (Å²) < 4.78 is 13.1. The lowest BCUT2D eigenvalue weighted by molar-refractivity contribution is -0.123. The van der Waals surface area contributed by atoms with Crippen LogP contribution in [-0.2, 0) is 4.79 Å². The molecule has 2 amide bonds. The summed E-state index contributed by atoms with van der Waals surface area (Å²) in [5, 5.41) is 0. The molecule has 1 aliphatic heterocycles. The van der Waals surface area contributed by atoms with E-state index in [-0.39, 0.29) is 17.5 Å². The first-order valence-corrected chi connectivity index (χ1v) is 6.12. The van der Waals surface area contributed by atoms with Gasteiger partial charge >= 0.3 is 0 Å². The Kier molecular flexibility index (Phi) is 3.69. The maximum atomic E-state index is 13.1. The first-order valence-electron chi connectivity index (χ1n) is 6.12. The SMILES string of the molecule is NC(=O)C1CCCN(C(=O)c2ccc(F)c(N)c2)C1. The zero-order valence-corrected chi connectivity index (χ0v) is 10.4. The van der Waals surface area contributed by atoms with Crippen LogP contribution in [0.1, 0.15) is 23.2 Å². The van der Waals surface area contributed by atoms with Gasteiger partial charge in [0.25, 0.3) is 5.91 Å². The molecule has 102 valence electrons. The van der Waals surface area contributed by atoms with Gasteiger partial charge in [0.2, 0.25) is 5.91 Å². The molecular weight excluding hydrogens is 249 g/mol. The minimum absolute atomic E-state index is 0.0608. The van der Waals surface area contributed by atoms with Crippen LogP contribution in [0, 0.1) is 11.7 Å². The van der Waals surface area contributed by atoms with Crippen molar-refractivity contribution >= 4 is 17.5 Å². The number of likely N-dealkylation sites (tertiary alicyclic amines) is 1. The average molecular weight is 265 g/mol. The number of benzene rings is 1. The second-order valence-corrected chi connectivity index (χ2v) is 4.73. The van der Waals surface area contributed by atoms with E-state index in [1.54, 1.807) is 4.90 Å². The van der Waals surface area contributed by atoms with Crippen LogP contribution in [0.4, 0.5) is 10.1 Å². The Morgan fingerprint density at radius 3 is 2.74 bits per heavy atom. The van der Waals surface area contributed by atoms with Gasteiger partial charge in [-0.05, 0) is 31.0 Å². The molecule has 4 N–H and O–H groups in total. The molecule has 1 saturated heterocycles. The van der Waals surface area contributed by atoms with Crippen LogP contribution in [0.5, 0.6) is 0 Å². The van der Waals surface area contributed by atoms with Crippen LogP contribution in [0.25, 0.3) is 0 Å². The molecule has 5 nitrogen and oxygen atoms in total. The van der Waals surface area contributed by atoms with Crippen LogP contribution in [0.15, 0.2) is 18.2 Å². The third kappa shape index (κ3) is 2.83. The van der Waals surface area contributed by atoms with Crippen molar-refractivity contribution in [3.8, 4) is 0 Å². The van der Waals surface area contributed by atoms with E-state index in [2.05, 4.69) is 0 Å². The van der Waals surface area contributed by atoms with Crippen molar-refractivity contribution in [2.75, 3.05) is 18.8 Å². The van der Waals surface area contributed by atoms with Crippen molar-refractivity contribution in [1.82, 2.24) is 4.90 Å². The molecular formula is C13H16FN3O2. The summed E-state index contributed by atoms with van der Waals surface area (Å²) in [7, 11) is 0. The van der Waals surface area contributed by atoms with Crippen LogP contribution >= 0.6 is 0 Å². The zero-order chi connectivity index (χ0) is 14.0. The second kappa shape index (κ2) is 5.26. The van der Waals surface area contributed by atoms with Gasteiger partial charge in [-0.3, -0.25) is 9.59 Å². The Bertz CT molecular complexity index is 519. The first-order chi connectivity index (χ1) is 8.99. The number of rotatable bonds is 2. The molecule has 1 atom stereocenters. The van der Waals surface area contributed by atoms with Crippen molar-refractivity contribution in [1.29, 1.82) is 0 Å². The van der Waals surface area contributed by atoms with Crippen molar-refractivity contribution in [3.63, 3.8) is 0 Å². The van der Waals surface area contributed by atoms with Crippen LogP contribution in [0.2, 0.25) is 0 Å². The Balaban J connectivity index is 2.14. The fraction of sp³-hybridized carbons (Fsp3) is 0.385. The number of hydrogen-bond acceptors (Lipinski definition) is 3. The first kappa shape index (κ1) is 13.3. The van der Waals surface area contributed by atoms with Gasteiger partial charge < -0.3 is 16.4 Å². The fourth-order valence-corrected chi connectivity index (χ4v) is 2.25. The predicted octanol–water partition coefficient (Wildman–Crippen LogP) is 0.745. The number of halogens is 1. The largest absolute Gasteiger partial charge is 0.396 e. The molecule has 1 aliphatic rings. The monoisotopic (exact) mass is 265 g/mol. The van der Waals surface area contributed by atoms with E-state index in [0.29, 0.717) is 25.1 Å². The number of amides is 2.